The van der Waals surface area contributed by atoms with Crippen LogP contribution in [0.5, 0.6) is 0 Å². The van der Waals surface area contributed by atoms with Gasteiger partial charge in [-0.25, -0.2) is 0 Å². The molecule has 1 aromatic heterocycles. The molecule has 13 heavy (non-hydrogen) atoms. The third-order valence-electron chi connectivity index (χ3n) is 1.82. The van der Waals surface area contributed by atoms with E-state index in [1.807, 2.05) is 19.9 Å². The highest BCUT2D eigenvalue weighted by atomic mass is 32.1. The molecule has 0 unspecified atom stereocenters. The third-order valence-corrected chi connectivity index (χ3v) is 2.92. The van der Waals surface area contributed by atoms with Gasteiger partial charge < -0.3 is 0 Å². The lowest BCUT2D eigenvalue weighted by atomic mass is 10.3. The summed E-state index contributed by atoms with van der Waals surface area (Å²) in [6, 6.07) is 1.97. The summed E-state index contributed by atoms with van der Waals surface area (Å²) in [5, 5.41) is 10.3. The second-order valence-electron chi connectivity index (χ2n) is 2.93. The lowest BCUT2D eigenvalue weighted by molar-refractivity contribution is -0.422. The Balaban J connectivity index is 2.98. The Kier molecular flexibility index (Phi) is 2.83. The van der Waals surface area contributed by atoms with E-state index >= 15 is 0 Å². The maximum Gasteiger partial charge on any atom is 0.244 e. The lowest BCUT2D eigenvalue weighted by Gasteiger charge is -1.86. The Hall–Kier alpha value is -1.16. The molecule has 0 spiro atoms. The molecular weight excluding hydrogens is 186 g/mol. The van der Waals surface area contributed by atoms with E-state index in [4.69, 9.17) is 0 Å². The van der Waals surface area contributed by atoms with Crippen LogP contribution in [0.2, 0.25) is 0 Å². The highest BCUT2D eigenvalue weighted by Gasteiger charge is 2.04. The average molecular weight is 197 g/mol. The predicted molar refractivity (Wildman–Crippen MR) is 54.4 cm³/mol. The van der Waals surface area contributed by atoms with Crippen molar-refractivity contribution in [2.24, 2.45) is 0 Å². The molecule has 70 valence electrons. The van der Waals surface area contributed by atoms with Gasteiger partial charge in [0.15, 0.2) is 0 Å². The highest BCUT2D eigenvalue weighted by molar-refractivity contribution is 7.13. The van der Waals surface area contributed by atoms with E-state index < -0.39 is 0 Å². The Morgan fingerprint density at radius 2 is 2.23 bits per heavy atom. The zero-order chi connectivity index (χ0) is 10.0. The van der Waals surface area contributed by atoms with Gasteiger partial charge in [-0.1, -0.05) is 0 Å². The van der Waals surface area contributed by atoms with Gasteiger partial charge >= 0.3 is 0 Å². The van der Waals surface area contributed by atoms with Crippen LogP contribution in [-0.4, -0.2) is 4.92 Å². The Bertz CT molecular complexity index is 346. The van der Waals surface area contributed by atoms with Crippen molar-refractivity contribution in [1.29, 1.82) is 0 Å². The number of nitro groups is 1. The van der Waals surface area contributed by atoms with Crippen molar-refractivity contribution < 1.29 is 4.92 Å². The van der Waals surface area contributed by atoms with Crippen LogP contribution >= 0.6 is 11.3 Å². The van der Waals surface area contributed by atoms with E-state index in [-0.39, 0.29) is 10.6 Å². The zero-order valence-corrected chi connectivity index (χ0v) is 8.64. The maximum atomic E-state index is 10.3. The topological polar surface area (TPSA) is 43.1 Å². The number of hydrogen-bond donors (Lipinski definition) is 0. The van der Waals surface area contributed by atoms with Gasteiger partial charge in [0.1, 0.15) is 0 Å². The predicted octanol–water partition coefficient (Wildman–Crippen LogP) is 3.00. The number of rotatable bonds is 2. The van der Waals surface area contributed by atoms with Crippen LogP contribution in [-0.2, 0) is 0 Å². The molecule has 4 heteroatoms. The minimum atomic E-state index is -0.371. The monoisotopic (exact) mass is 197 g/mol. The molecule has 3 nitrogen and oxygen atoms in total. The number of nitrogens with zero attached hydrogens (tertiary/aromatic N) is 1. The standard InChI is InChI=1S/C9H11NO2S/c1-6-4-9(13-8(6)3)5-7(2)10(11)12/h4-5H,1-3H3/b7-5-. The van der Waals surface area contributed by atoms with E-state index in [1.165, 1.54) is 17.4 Å². The average Bonchev–Trinajstić information content (AvgIpc) is 2.31. The summed E-state index contributed by atoms with van der Waals surface area (Å²) in [5.74, 6) is 0. The van der Waals surface area contributed by atoms with Crippen LogP contribution in [0.15, 0.2) is 11.8 Å². The lowest BCUT2D eigenvalue weighted by Crippen LogP contribution is -1.91. The molecule has 1 heterocycles. The molecule has 1 aromatic rings. The molecular formula is C9H11NO2S. The number of hydrogen-bond acceptors (Lipinski definition) is 3. The SMILES string of the molecule is C/C(=C/c1cc(C)c(C)s1)[N+](=O)[O-]. The minimum absolute atomic E-state index is 0.182. The second-order valence-corrected chi connectivity index (χ2v) is 4.22. The molecule has 0 N–H and O–H groups in total. The van der Waals surface area contributed by atoms with E-state index in [0.717, 1.165) is 4.88 Å². The molecule has 0 fully saturated rings. The van der Waals surface area contributed by atoms with Gasteiger partial charge in [0.2, 0.25) is 5.70 Å². The summed E-state index contributed by atoms with van der Waals surface area (Å²) in [7, 11) is 0. The molecule has 0 bridgehead atoms. The molecule has 0 saturated heterocycles. The van der Waals surface area contributed by atoms with Gasteiger partial charge in [0.05, 0.1) is 4.92 Å². The first-order chi connectivity index (χ1) is 6.00. The Morgan fingerprint density at radius 1 is 1.62 bits per heavy atom. The van der Waals surface area contributed by atoms with Gasteiger partial charge in [0, 0.05) is 22.8 Å². The van der Waals surface area contributed by atoms with E-state index in [0.29, 0.717) is 0 Å². The molecule has 1 rings (SSSR count). The minimum Gasteiger partial charge on any atom is -0.259 e. The summed E-state index contributed by atoms with van der Waals surface area (Å²) in [5.41, 5.74) is 1.37. The molecule has 0 aliphatic carbocycles. The highest BCUT2D eigenvalue weighted by Crippen LogP contribution is 2.22. The number of thiophene rings is 1. The quantitative estimate of drug-likeness (QED) is 0.540. The van der Waals surface area contributed by atoms with Crippen molar-refractivity contribution in [1.82, 2.24) is 0 Å². The van der Waals surface area contributed by atoms with Crippen LogP contribution in [0, 0.1) is 24.0 Å². The normalized spacial score (nSPS) is 11.8. The van der Waals surface area contributed by atoms with Gasteiger partial charge in [-0.2, -0.15) is 0 Å². The number of aryl methyl sites for hydroxylation is 2. The summed E-state index contributed by atoms with van der Waals surface area (Å²) >= 11 is 1.58. The first kappa shape index (κ1) is 9.92. The second kappa shape index (κ2) is 3.70. The molecule has 0 aliphatic heterocycles. The van der Waals surface area contributed by atoms with E-state index in [1.54, 1.807) is 17.4 Å². The number of allylic oxidation sites excluding steroid dienone is 1. The molecule has 0 atom stereocenters. The Labute approximate surface area is 80.9 Å². The largest absolute Gasteiger partial charge is 0.259 e. The van der Waals surface area contributed by atoms with Crippen molar-refractivity contribution in [3.63, 3.8) is 0 Å². The smallest absolute Gasteiger partial charge is 0.244 e. The first-order valence-corrected chi connectivity index (χ1v) is 4.72. The molecule has 0 aromatic carbocycles. The van der Waals surface area contributed by atoms with Crippen LogP contribution in [0.3, 0.4) is 0 Å². The van der Waals surface area contributed by atoms with Gasteiger partial charge in [-0.3, -0.25) is 10.1 Å². The summed E-state index contributed by atoms with van der Waals surface area (Å²) < 4.78 is 0. The van der Waals surface area contributed by atoms with E-state index in [2.05, 4.69) is 0 Å². The van der Waals surface area contributed by atoms with Gasteiger partial charge in [-0.05, 0) is 25.5 Å². The van der Waals surface area contributed by atoms with Crippen molar-refractivity contribution in [2.45, 2.75) is 20.8 Å². The maximum absolute atomic E-state index is 10.3. The van der Waals surface area contributed by atoms with Gasteiger partial charge in [0.25, 0.3) is 0 Å². The summed E-state index contributed by atoms with van der Waals surface area (Å²) in [4.78, 5) is 12.1. The van der Waals surface area contributed by atoms with Crippen LogP contribution in [0.1, 0.15) is 22.2 Å². The van der Waals surface area contributed by atoms with Crippen LogP contribution < -0.4 is 0 Å². The van der Waals surface area contributed by atoms with Crippen molar-refractivity contribution in [2.75, 3.05) is 0 Å². The van der Waals surface area contributed by atoms with Gasteiger partial charge in [-0.15, -0.1) is 11.3 Å². The summed E-state index contributed by atoms with van der Waals surface area (Å²) in [6.45, 7) is 5.52. The van der Waals surface area contributed by atoms with E-state index in [9.17, 15) is 10.1 Å². The first-order valence-electron chi connectivity index (χ1n) is 3.90. The molecule has 0 saturated carbocycles. The third kappa shape index (κ3) is 2.39. The fourth-order valence-electron chi connectivity index (χ4n) is 0.931. The zero-order valence-electron chi connectivity index (χ0n) is 7.83. The van der Waals surface area contributed by atoms with Crippen LogP contribution in [0.4, 0.5) is 0 Å². The molecule has 0 aliphatic rings. The fourth-order valence-corrected chi connectivity index (χ4v) is 1.97. The van der Waals surface area contributed by atoms with Crippen molar-refractivity contribution in [3.8, 4) is 0 Å². The van der Waals surface area contributed by atoms with Crippen LogP contribution in [0.25, 0.3) is 6.08 Å². The fraction of sp³-hybridized carbons (Fsp3) is 0.333. The van der Waals surface area contributed by atoms with Crippen molar-refractivity contribution in [3.05, 3.63) is 37.2 Å². The summed E-state index contributed by atoms with van der Waals surface area (Å²) in [6.07, 6.45) is 1.60. The Morgan fingerprint density at radius 3 is 2.62 bits per heavy atom. The van der Waals surface area contributed by atoms with Crippen molar-refractivity contribution >= 4 is 17.4 Å². The molecule has 0 radical (unpaired) electrons. The molecule has 0 amide bonds.